The van der Waals surface area contributed by atoms with Gasteiger partial charge >= 0.3 is 0 Å². The molecule has 0 spiro atoms. The van der Waals surface area contributed by atoms with Crippen molar-refractivity contribution in [3.63, 3.8) is 0 Å². The fraction of sp³-hybridized carbons (Fsp3) is 0.455. The first-order valence-corrected chi connectivity index (χ1v) is 5.39. The van der Waals surface area contributed by atoms with Crippen molar-refractivity contribution in [3.8, 4) is 0 Å². The molecule has 1 unspecified atom stereocenters. The summed E-state index contributed by atoms with van der Waals surface area (Å²) in [6, 6.07) is 4.20. The predicted octanol–water partition coefficient (Wildman–Crippen LogP) is -0.487. The predicted molar refractivity (Wildman–Crippen MR) is 60.6 cm³/mol. The van der Waals surface area contributed by atoms with Crippen LogP contribution in [0.3, 0.4) is 0 Å². The lowest BCUT2D eigenvalue weighted by atomic mass is 10.1. The maximum absolute atomic E-state index is 10.9. The summed E-state index contributed by atoms with van der Waals surface area (Å²) in [5, 5.41) is 3.40. The summed E-state index contributed by atoms with van der Waals surface area (Å²) in [5.41, 5.74) is 6.34. The second-order valence-electron chi connectivity index (χ2n) is 3.99. The van der Waals surface area contributed by atoms with Gasteiger partial charge in [0.05, 0.1) is 6.54 Å². The van der Waals surface area contributed by atoms with Crippen molar-refractivity contribution in [3.05, 3.63) is 30.1 Å². The molecular weight excluding hydrogens is 204 g/mol. The number of primary amides is 1. The molecule has 1 aliphatic rings. The Morgan fingerprint density at radius 3 is 3.25 bits per heavy atom. The SMILES string of the molecule is NC(=O)CN1CCNC(c2cccnc2)C1. The average molecular weight is 220 g/mol. The Hall–Kier alpha value is -1.46. The highest BCUT2D eigenvalue weighted by Crippen LogP contribution is 2.15. The number of carbonyl (C=O) groups excluding carboxylic acids is 1. The number of nitrogens with zero attached hydrogens (tertiary/aromatic N) is 2. The maximum Gasteiger partial charge on any atom is 0.231 e. The van der Waals surface area contributed by atoms with Gasteiger partial charge in [0.2, 0.25) is 5.91 Å². The van der Waals surface area contributed by atoms with Crippen LogP contribution >= 0.6 is 0 Å². The summed E-state index contributed by atoms with van der Waals surface area (Å²) in [6.45, 7) is 2.86. The summed E-state index contributed by atoms with van der Waals surface area (Å²) in [6.07, 6.45) is 3.61. The molecule has 86 valence electrons. The number of piperazine rings is 1. The number of carbonyl (C=O) groups is 1. The summed E-state index contributed by atoms with van der Waals surface area (Å²) < 4.78 is 0. The number of aromatic nitrogens is 1. The standard InChI is InChI=1S/C11H16N4O/c12-11(16)8-15-5-4-14-10(7-15)9-2-1-3-13-6-9/h1-3,6,10,14H,4-5,7-8H2,(H2,12,16). The zero-order chi connectivity index (χ0) is 11.4. The Morgan fingerprint density at radius 2 is 2.56 bits per heavy atom. The van der Waals surface area contributed by atoms with E-state index in [0.717, 1.165) is 25.2 Å². The fourth-order valence-electron chi connectivity index (χ4n) is 1.98. The van der Waals surface area contributed by atoms with E-state index >= 15 is 0 Å². The molecule has 1 fully saturated rings. The molecule has 1 aliphatic heterocycles. The van der Waals surface area contributed by atoms with Crippen molar-refractivity contribution in [2.75, 3.05) is 26.2 Å². The number of amides is 1. The minimum Gasteiger partial charge on any atom is -0.369 e. The summed E-state index contributed by atoms with van der Waals surface area (Å²) in [4.78, 5) is 17.0. The van der Waals surface area contributed by atoms with Gasteiger partial charge in [-0.05, 0) is 11.6 Å². The number of nitrogens with one attached hydrogen (secondary N) is 1. The molecule has 0 radical (unpaired) electrons. The van der Waals surface area contributed by atoms with Crippen LogP contribution in [0.2, 0.25) is 0 Å². The molecule has 5 nitrogen and oxygen atoms in total. The van der Waals surface area contributed by atoms with Crippen LogP contribution in [0.15, 0.2) is 24.5 Å². The van der Waals surface area contributed by atoms with Crippen LogP contribution in [0.25, 0.3) is 0 Å². The van der Waals surface area contributed by atoms with E-state index in [1.165, 1.54) is 0 Å². The minimum atomic E-state index is -0.271. The summed E-state index contributed by atoms with van der Waals surface area (Å²) in [5.74, 6) is -0.271. The molecule has 0 saturated carbocycles. The van der Waals surface area contributed by atoms with Crippen molar-refractivity contribution in [2.45, 2.75) is 6.04 Å². The molecule has 1 aromatic heterocycles. The molecule has 5 heteroatoms. The number of pyridine rings is 1. The van der Waals surface area contributed by atoms with Gasteiger partial charge in [-0.1, -0.05) is 6.07 Å². The van der Waals surface area contributed by atoms with Crippen molar-refractivity contribution >= 4 is 5.91 Å². The van der Waals surface area contributed by atoms with E-state index in [1.807, 2.05) is 18.3 Å². The Bertz CT molecular complexity index is 354. The lowest BCUT2D eigenvalue weighted by molar-refractivity contribution is -0.119. The maximum atomic E-state index is 10.9. The van der Waals surface area contributed by atoms with E-state index in [2.05, 4.69) is 15.2 Å². The Kier molecular flexibility index (Phi) is 3.48. The topological polar surface area (TPSA) is 71.2 Å². The van der Waals surface area contributed by atoms with Crippen LogP contribution in [0.4, 0.5) is 0 Å². The van der Waals surface area contributed by atoms with Crippen LogP contribution in [0, 0.1) is 0 Å². The second kappa shape index (κ2) is 5.05. The lowest BCUT2D eigenvalue weighted by Crippen LogP contribution is -2.48. The second-order valence-corrected chi connectivity index (χ2v) is 3.99. The molecule has 1 aromatic rings. The highest BCUT2D eigenvalue weighted by molar-refractivity contribution is 5.75. The molecule has 1 atom stereocenters. The van der Waals surface area contributed by atoms with E-state index in [9.17, 15) is 4.79 Å². The quantitative estimate of drug-likeness (QED) is 0.721. The minimum absolute atomic E-state index is 0.238. The van der Waals surface area contributed by atoms with Gasteiger partial charge in [0.1, 0.15) is 0 Å². The number of rotatable bonds is 3. The first kappa shape index (κ1) is 11.0. The third kappa shape index (κ3) is 2.77. The van der Waals surface area contributed by atoms with Crippen LogP contribution < -0.4 is 11.1 Å². The largest absolute Gasteiger partial charge is 0.369 e. The molecular formula is C11H16N4O. The Balaban J connectivity index is 1.99. The van der Waals surface area contributed by atoms with Gasteiger partial charge in [-0.2, -0.15) is 0 Å². The third-order valence-electron chi connectivity index (χ3n) is 2.73. The van der Waals surface area contributed by atoms with E-state index < -0.39 is 0 Å². The van der Waals surface area contributed by atoms with Crippen molar-refractivity contribution in [1.29, 1.82) is 0 Å². The van der Waals surface area contributed by atoms with E-state index in [0.29, 0.717) is 6.54 Å². The fourth-order valence-corrected chi connectivity index (χ4v) is 1.98. The van der Waals surface area contributed by atoms with Gasteiger partial charge in [-0.15, -0.1) is 0 Å². The van der Waals surface area contributed by atoms with Crippen molar-refractivity contribution < 1.29 is 4.79 Å². The van der Waals surface area contributed by atoms with E-state index in [4.69, 9.17) is 5.73 Å². The normalized spacial score (nSPS) is 21.9. The van der Waals surface area contributed by atoms with Crippen molar-refractivity contribution in [1.82, 2.24) is 15.2 Å². The van der Waals surface area contributed by atoms with Crippen LogP contribution in [-0.4, -0.2) is 42.0 Å². The zero-order valence-electron chi connectivity index (χ0n) is 9.10. The molecule has 1 amide bonds. The highest BCUT2D eigenvalue weighted by Gasteiger charge is 2.21. The first-order valence-electron chi connectivity index (χ1n) is 5.39. The Labute approximate surface area is 94.6 Å². The van der Waals surface area contributed by atoms with Gasteiger partial charge in [0, 0.05) is 38.1 Å². The Morgan fingerprint density at radius 1 is 1.69 bits per heavy atom. The van der Waals surface area contributed by atoms with Gasteiger partial charge < -0.3 is 11.1 Å². The average Bonchev–Trinajstić information content (AvgIpc) is 2.30. The molecule has 2 rings (SSSR count). The molecule has 0 bridgehead atoms. The van der Waals surface area contributed by atoms with Crippen LogP contribution in [0.5, 0.6) is 0 Å². The molecule has 16 heavy (non-hydrogen) atoms. The van der Waals surface area contributed by atoms with Gasteiger partial charge in [-0.25, -0.2) is 0 Å². The highest BCUT2D eigenvalue weighted by atomic mass is 16.1. The molecule has 3 N–H and O–H groups in total. The summed E-state index contributed by atoms with van der Waals surface area (Å²) >= 11 is 0. The zero-order valence-corrected chi connectivity index (χ0v) is 9.10. The van der Waals surface area contributed by atoms with E-state index in [-0.39, 0.29) is 11.9 Å². The number of hydrogen-bond donors (Lipinski definition) is 2. The van der Waals surface area contributed by atoms with E-state index in [1.54, 1.807) is 6.20 Å². The third-order valence-corrected chi connectivity index (χ3v) is 2.73. The summed E-state index contributed by atoms with van der Waals surface area (Å²) in [7, 11) is 0. The lowest BCUT2D eigenvalue weighted by Gasteiger charge is -2.32. The number of hydrogen-bond acceptors (Lipinski definition) is 4. The smallest absolute Gasteiger partial charge is 0.231 e. The molecule has 0 aromatic carbocycles. The molecule has 2 heterocycles. The van der Waals surface area contributed by atoms with Gasteiger partial charge in [0.15, 0.2) is 0 Å². The van der Waals surface area contributed by atoms with Gasteiger partial charge in [-0.3, -0.25) is 14.7 Å². The monoisotopic (exact) mass is 220 g/mol. The molecule has 0 aliphatic carbocycles. The van der Waals surface area contributed by atoms with Crippen LogP contribution in [-0.2, 0) is 4.79 Å². The molecule has 1 saturated heterocycles. The van der Waals surface area contributed by atoms with Crippen LogP contribution in [0.1, 0.15) is 11.6 Å². The number of nitrogens with two attached hydrogens (primary N) is 1. The first-order chi connectivity index (χ1) is 7.75. The van der Waals surface area contributed by atoms with Gasteiger partial charge in [0.25, 0.3) is 0 Å². The van der Waals surface area contributed by atoms with Crippen molar-refractivity contribution in [2.24, 2.45) is 5.73 Å².